The van der Waals surface area contributed by atoms with Crippen molar-refractivity contribution < 1.29 is 14.7 Å². The minimum Gasteiger partial charge on any atom is -0.481 e. The Morgan fingerprint density at radius 3 is 3.00 bits per heavy atom. The van der Waals surface area contributed by atoms with Crippen molar-refractivity contribution >= 4 is 11.9 Å². The number of carboxylic acids is 1. The zero-order valence-electron chi connectivity index (χ0n) is 6.86. The molecule has 0 saturated carbocycles. The number of carboxylic acid groups (broad SMARTS) is 1. The Morgan fingerprint density at radius 1 is 1.83 bits per heavy atom. The maximum Gasteiger partial charge on any atom is 0.303 e. The number of hydrogen-bond donors (Lipinski definition) is 1. The Labute approximate surface area is 70.5 Å². The minimum absolute atomic E-state index is 0.0243. The fraction of sp³-hybridized carbons (Fsp3) is 0.500. The molecule has 1 aliphatic heterocycles. The standard InChI is InChI=1S/C8H11NO3/c1-9-3-2-6(4-7(9)10)5-8(11)12/h2-3,6H,4-5H2,1H3,(H,11,12). The van der Waals surface area contributed by atoms with E-state index in [1.165, 1.54) is 4.90 Å². The number of carbonyl (C=O) groups is 2. The first-order chi connectivity index (χ1) is 5.59. The fourth-order valence-corrected chi connectivity index (χ4v) is 1.13. The van der Waals surface area contributed by atoms with Gasteiger partial charge in [0.25, 0.3) is 0 Å². The van der Waals surface area contributed by atoms with Gasteiger partial charge in [0.05, 0.1) is 6.42 Å². The normalized spacial score (nSPS) is 22.9. The van der Waals surface area contributed by atoms with Crippen LogP contribution in [0.5, 0.6) is 0 Å². The van der Waals surface area contributed by atoms with Crippen LogP contribution in [0.15, 0.2) is 12.3 Å². The van der Waals surface area contributed by atoms with Crippen LogP contribution in [0.1, 0.15) is 12.8 Å². The zero-order valence-corrected chi connectivity index (χ0v) is 6.86. The first-order valence-electron chi connectivity index (χ1n) is 3.75. The molecule has 0 spiro atoms. The van der Waals surface area contributed by atoms with Crippen LogP contribution in [0.4, 0.5) is 0 Å². The topological polar surface area (TPSA) is 57.6 Å². The highest BCUT2D eigenvalue weighted by atomic mass is 16.4. The van der Waals surface area contributed by atoms with E-state index in [9.17, 15) is 9.59 Å². The van der Waals surface area contributed by atoms with Gasteiger partial charge < -0.3 is 10.0 Å². The lowest BCUT2D eigenvalue weighted by Gasteiger charge is -2.21. The van der Waals surface area contributed by atoms with Gasteiger partial charge in [0, 0.05) is 19.7 Å². The van der Waals surface area contributed by atoms with Crippen molar-refractivity contribution in [2.45, 2.75) is 12.8 Å². The number of aliphatic carboxylic acids is 1. The summed E-state index contributed by atoms with van der Waals surface area (Å²) in [5.41, 5.74) is 0. The SMILES string of the molecule is CN1C=CC(CC(=O)O)CC1=O. The summed E-state index contributed by atoms with van der Waals surface area (Å²) in [4.78, 5) is 22.8. The molecular weight excluding hydrogens is 158 g/mol. The Balaban J connectivity index is 2.55. The van der Waals surface area contributed by atoms with Gasteiger partial charge in [-0.2, -0.15) is 0 Å². The van der Waals surface area contributed by atoms with Gasteiger partial charge in [-0.15, -0.1) is 0 Å². The summed E-state index contributed by atoms with van der Waals surface area (Å²) in [7, 11) is 1.66. The Hall–Kier alpha value is -1.32. The van der Waals surface area contributed by atoms with Crippen molar-refractivity contribution in [2.24, 2.45) is 5.92 Å². The molecule has 12 heavy (non-hydrogen) atoms. The highest BCUT2D eigenvalue weighted by Gasteiger charge is 2.20. The smallest absolute Gasteiger partial charge is 0.303 e. The summed E-state index contributed by atoms with van der Waals surface area (Å²) in [5, 5.41) is 8.46. The molecule has 0 aromatic heterocycles. The van der Waals surface area contributed by atoms with E-state index in [-0.39, 0.29) is 18.2 Å². The summed E-state index contributed by atoms with van der Waals surface area (Å²) in [6.45, 7) is 0. The third-order valence-electron chi connectivity index (χ3n) is 1.85. The van der Waals surface area contributed by atoms with E-state index in [2.05, 4.69) is 0 Å². The quantitative estimate of drug-likeness (QED) is 0.653. The van der Waals surface area contributed by atoms with Crippen LogP contribution < -0.4 is 0 Å². The van der Waals surface area contributed by atoms with Crippen molar-refractivity contribution in [2.75, 3.05) is 7.05 Å². The van der Waals surface area contributed by atoms with E-state index >= 15 is 0 Å². The van der Waals surface area contributed by atoms with E-state index in [1.54, 1.807) is 19.3 Å². The van der Waals surface area contributed by atoms with Crippen molar-refractivity contribution in [3.63, 3.8) is 0 Å². The molecule has 1 heterocycles. The Morgan fingerprint density at radius 2 is 2.50 bits per heavy atom. The highest BCUT2D eigenvalue weighted by molar-refractivity contribution is 5.79. The molecule has 0 radical (unpaired) electrons. The molecule has 1 aliphatic rings. The number of rotatable bonds is 2. The van der Waals surface area contributed by atoms with E-state index in [0.717, 1.165) is 0 Å². The van der Waals surface area contributed by atoms with Gasteiger partial charge >= 0.3 is 5.97 Å². The van der Waals surface area contributed by atoms with Crippen molar-refractivity contribution in [3.8, 4) is 0 Å². The lowest BCUT2D eigenvalue weighted by atomic mass is 9.98. The van der Waals surface area contributed by atoms with Gasteiger partial charge in [0.1, 0.15) is 0 Å². The lowest BCUT2D eigenvalue weighted by molar-refractivity contribution is -0.138. The lowest BCUT2D eigenvalue weighted by Crippen LogP contribution is -2.27. The van der Waals surface area contributed by atoms with Gasteiger partial charge in [-0.1, -0.05) is 6.08 Å². The number of nitrogens with zero attached hydrogens (tertiary/aromatic N) is 1. The Kier molecular flexibility index (Phi) is 2.47. The molecular formula is C8H11NO3. The summed E-state index contributed by atoms with van der Waals surface area (Å²) in [6, 6.07) is 0. The zero-order chi connectivity index (χ0) is 9.14. The summed E-state index contributed by atoms with van der Waals surface area (Å²) in [5.74, 6) is -1.02. The third kappa shape index (κ3) is 2.08. The number of carbonyl (C=O) groups excluding carboxylic acids is 1. The molecule has 1 amide bonds. The van der Waals surface area contributed by atoms with Crippen LogP contribution >= 0.6 is 0 Å². The maximum absolute atomic E-state index is 11.1. The second-order valence-corrected chi connectivity index (χ2v) is 2.91. The molecule has 1 N–H and O–H groups in total. The molecule has 0 bridgehead atoms. The second-order valence-electron chi connectivity index (χ2n) is 2.91. The van der Waals surface area contributed by atoms with Crippen molar-refractivity contribution in [1.29, 1.82) is 0 Å². The predicted molar refractivity (Wildman–Crippen MR) is 42.3 cm³/mol. The van der Waals surface area contributed by atoms with Gasteiger partial charge in [-0.05, 0) is 5.92 Å². The van der Waals surface area contributed by atoms with Crippen molar-refractivity contribution in [1.82, 2.24) is 4.90 Å². The maximum atomic E-state index is 11.1. The molecule has 4 nitrogen and oxygen atoms in total. The molecule has 0 aliphatic carbocycles. The molecule has 1 rings (SSSR count). The highest BCUT2D eigenvalue weighted by Crippen LogP contribution is 2.16. The van der Waals surface area contributed by atoms with Gasteiger partial charge in [-0.25, -0.2) is 0 Å². The monoisotopic (exact) mass is 169 g/mol. The number of amides is 1. The molecule has 4 heteroatoms. The largest absolute Gasteiger partial charge is 0.481 e. The second kappa shape index (κ2) is 3.38. The van der Waals surface area contributed by atoms with E-state index in [1.807, 2.05) is 0 Å². The minimum atomic E-state index is -0.859. The molecule has 0 fully saturated rings. The van der Waals surface area contributed by atoms with E-state index < -0.39 is 5.97 Å². The summed E-state index contributed by atoms with van der Waals surface area (Å²) >= 11 is 0. The summed E-state index contributed by atoms with van der Waals surface area (Å²) < 4.78 is 0. The van der Waals surface area contributed by atoms with E-state index in [4.69, 9.17) is 5.11 Å². The third-order valence-corrected chi connectivity index (χ3v) is 1.85. The van der Waals surface area contributed by atoms with Crippen LogP contribution in [0.25, 0.3) is 0 Å². The molecule has 1 unspecified atom stereocenters. The van der Waals surface area contributed by atoms with Crippen molar-refractivity contribution in [3.05, 3.63) is 12.3 Å². The van der Waals surface area contributed by atoms with Crippen LogP contribution in [0, 0.1) is 5.92 Å². The average Bonchev–Trinajstić information content (AvgIpc) is 1.96. The average molecular weight is 169 g/mol. The van der Waals surface area contributed by atoms with Crippen LogP contribution in [-0.2, 0) is 9.59 Å². The van der Waals surface area contributed by atoms with Crippen LogP contribution in [0.3, 0.4) is 0 Å². The van der Waals surface area contributed by atoms with Gasteiger partial charge in [0.15, 0.2) is 0 Å². The number of allylic oxidation sites excluding steroid dienone is 1. The molecule has 0 aromatic rings. The first kappa shape index (κ1) is 8.77. The van der Waals surface area contributed by atoms with E-state index in [0.29, 0.717) is 6.42 Å². The molecule has 66 valence electrons. The first-order valence-corrected chi connectivity index (χ1v) is 3.75. The van der Waals surface area contributed by atoms with Gasteiger partial charge in [-0.3, -0.25) is 9.59 Å². The van der Waals surface area contributed by atoms with Crippen LogP contribution in [-0.4, -0.2) is 28.9 Å². The molecule has 0 saturated heterocycles. The fourth-order valence-electron chi connectivity index (χ4n) is 1.13. The van der Waals surface area contributed by atoms with Crippen LogP contribution in [0.2, 0.25) is 0 Å². The van der Waals surface area contributed by atoms with Gasteiger partial charge in [0.2, 0.25) is 5.91 Å². The molecule has 1 atom stereocenters. The summed E-state index contributed by atoms with van der Waals surface area (Å²) in [6.07, 6.45) is 3.73. The number of hydrogen-bond acceptors (Lipinski definition) is 2. The molecule has 0 aromatic carbocycles. The Bertz CT molecular complexity index is 234. The predicted octanol–water partition coefficient (Wildman–Crippen LogP) is 0.453.